The molecule has 2 aliphatic heterocycles. The van der Waals surface area contributed by atoms with Crippen molar-refractivity contribution in [2.45, 2.75) is 65.5 Å². The van der Waals surface area contributed by atoms with Crippen LogP contribution in [-0.2, 0) is 32.8 Å². The molecule has 2 atom stereocenters. The number of rotatable bonds is 1. The molecule has 0 radical (unpaired) electrons. The van der Waals surface area contributed by atoms with E-state index in [9.17, 15) is 19.2 Å². The summed E-state index contributed by atoms with van der Waals surface area (Å²) in [6, 6.07) is 6.71. The highest BCUT2D eigenvalue weighted by Crippen LogP contribution is 2.23. The minimum Gasteiger partial charge on any atom is -0.494 e. The van der Waals surface area contributed by atoms with Gasteiger partial charge in [0, 0.05) is 52.1 Å². The van der Waals surface area contributed by atoms with Crippen molar-refractivity contribution in [3.05, 3.63) is 46.8 Å². The van der Waals surface area contributed by atoms with E-state index < -0.39 is 6.04 Å². The highest BCUT2D eigenvalue weighted by Gasteiger charge is 2.28. The van der Waals surface area contributed by atoms with Crippen molar-refractivity contribution in [1.29, 1.82) is 0 Å². The maximum atomic E-state index is 13.2. The second kappa shape index (κ2) is 13.8. The van der Waals surface area contributed by atoms with Gasteiger partial charge in [-0.25, -0.2) is 0 Å². The van der Waals surface area contributed by atoms with Crippen LogP contribution in [0.1, 0.15) is 67.6 Å². The minimum atomic E-state index is -0.949. The van der Waals surface area contributed by atoms with Crippen molar-refractivity contribution in [1.82, 2.24) is 25.3 Å². The number of hydrogen-bond donors (Lipinski definition) is 3. The van der Waals surface area contributed by atoms with Gasteiger partial charge in [-0.1, -0.05) is 6.07 Å². The van der Waals surface area contributed by atoms with Crippen LogP contribution in [0, 0.1) is 19.8 Å². The Morgan fingerprint density at radius 3 is 2.56 bits per heavy atom. The third-order valence-corrected chi connectivity index (χ3v) is 7.00. The molecule has 0 saturated carbocycles. The number of nitrogens with two attached hydrogens (primary N) is 1. The standard InChI is InChI=1S/C26H35N5O4.C2H5NO/c1-17-6-7-21-14-20(17)15-27-26(34)25(22-13-18(2)30(3)29-22)28-23(32)8-9-24(33)31-11-4-5-19(16-31)10-12-35-21;1-2(3)4/h6-7,13-14,19,25H,4-5,8-12,15-16H2,1-3H3,(H,27,34)(H,28,32);1H3,(H2,3,4). The fraction of sp³-hybridized carbons (Fsp3) is 0.536. The Bertz CT molecular complexity index is 1170. The smallest absolute Gasteiger partial charge is 0.249 e. The number of nitrogens with zero attached hydrogens (tertiary/aromatic N) is 3. The molecule has 2 aromatic rings. The number of fused-ring (bicyclic) bond motifs is 4. The van der Waals surface area contributed by atoms with Crippen LogP contribution in [0.4, 0.5) is 0 Å². The molecule has 1 fully saturated rings. The summed E-state index contributed by atoms with van der Waals surface area (Å²) in [6.45, 7) is 7.47. The maximum Gasteiger partial charge on any atom is 0.249 e. The Morgan fingerprint density at radius 1 is 1.13 bits per heavy atom. The van der Waals surface area contributed by atoms with Crippen LogP contribution in [0.25, 0.3) is 0 Å². The lowest BCUT2D eigenvalue weighted by atomic mass is 9.95. The summed E-state index contributed by atoms with van der Waals surface area (Å²) < 4.78 is 7.69. The average Bonchev–Trinajstić information content (AvgIpc) is 3.22. The number of carbonyl (C=O) groups is 4. The third-order valence-electron chi connectivity index (χ3n) is 7.00. The Kier molecular flexibility index (Phi) is 10.5. The number of carbonyl (C=O) groups excluding carboxylic acids is 4. The molecule has 212 valence electrons. The highest BCUT2D eigenvalue weighted by atomic mass is 16.5. The summed E-state index contributed by atoms with van der Waals surface area (Å²) in [5.41, 5.74) is 7.80. The van der Waals surface area contributed by atoms with Gasteiger partial charge in [-0.05, 0) is 68.4 Å². The first kappa shape index (κ1) is 29.7. The highest BCUT2D eigenvalue weighted by molar-refractivity contribution is 5.90. The zero-order chi connectivity index (χ0) is 28.5. The molecule has 11 nitrogen and oxygen atoms in total. The quantitative estimate of drug-likeness (QED) is 0.502. The fourth-order valence-corrected chi connectivity index (χ4v) is 4.70. The van der Waals surface area contributed by atoms with E-state index in [2.05, 4.69) is 21.5 Å². The molecule has 0 spiro atoms. The Morgan fingerprint density at radius 2 is 1.87 bits per heavy atom. The van der Waals surface area contributed by atoms with Crippen LogP contribution in [-0.4, -0.2) is 58.0 Å². The molecule has 1 aromatic heterocycles. The summed E-state index contributed by atoms with van der Waals surface area (Å²) in [4.78, 5) is 49.9. The molecule has 1 aromatic carbocycles. The maximum absolute atomic E-state index is 13.2. The van der Waals surface area contributed by atoms with E-state index in [1.54, 1.807) is 17.8 Å². The first-order chi connectivity index (χ1) is 18.5. The van der Waals surface area contributed by atoms with Gasteiger partial charge in [0.1, 0.15) is 5.75 Å². The number of primary amides is 1. The largest absolute Gasteiger partial charge is 0.494 e. The van der Waals surface area contributed by atoms with Crippen LogP contribution in [0.15, 0.2) is 24.3 Å². The molecule has 0 aliphatic carbocycles. The van der Waals surface area contributed by atoms with Crippen LogP contribution in [0.5, 0.6) is 5.75 Å². The predicted octanol–water partition coefficient (Wildman–Crippen LogP) is 1.80. The van der Waals surface area contributed by atoms with E-state index in [0.29, 0.717) is 31.3 Å². The van der Waals surface area contributed by atoms with Gasteiger partial charge in [-0.2, -0.15) is 5.10 Å². The number of aryl methyl sites for hydroxylation is 3. The van der Waals surface area contributed by atoms with Gasteiger partial charge >= 0.3 is 0 Å². The first-order valence-electron chi connectivity index (χ1n) is 13.4. The molecule has 4 amide bonds. The number of piperidine rings is 1. The Labute approximate surface area is 229 Å². The fourth-order valence-electron chi connectivity index (χ4n) is 4.70. The molecular formula is C28H40N6O5. The zero-order valence-electron chi connectivity index (χ0n) is 23.3. The van der Waals surface area contributed by atoms with Crippen molar-refractivity contribution in [2.24, 2.45) is 18.7 Å². The molecule has 4 bridgehead atoms. The summed E-state index contributed by atoms with van der Waals surface area (Å²) in [5, 5.41) is 10.2. The monoisotopic (exact) mass is 540 g/mol. The van der Waals surface area contributed by atoms with Gasteiger partial charge in [0.05, 0.1) is 12.3 Å². The van der Waals surface area contributed by atoms with Crippen LogP contribution < -0.4 is 21.1 Å². The first-order valence-corrected chi connectivity index (χ1v) is 13.4. The lowest BCUT2D eigenvalue weighted by molar-refractivity contribution is -0.135. The van der Waals surface area contributed by atoms with Gasteiger partial charge in [0.15, 0.2) is 6.04 Å². The number of nitrogens with one attached hydrogen (secondary N) is 2. The zero-order valence-corrected chi connectivity index (χ0v) is 23.3. The summed E-state index contributed by atoms with van der Waals surface area (Å²) >= 11 is 0. The number of ether oxygens (including phenoxy) is 1. The summed E-state index contributed by atoms with van der Waals surface area (Å²) in [5.74, 6) is 0.0950. The molecule has 4 rings (SSSR count). The van der Waals surface area contributed by atoms with Gasteiger partial charge in [0.25, 0.3) is 0 Å². The normalized spacial score (nSPS) is 20.8. The van der Waals surface area contributed by atoms with E-state index in [-0.39, 0.29) is 36.5 Å². The SMILES string of the molecule is CC(N)=O.Cc1ccc2cc1CNC(=O)C(c1cc(C)n(C)n1)NC(=O)CCC(=O)N1CCCC(CCO2)C1. The topological polar surface area (TPSA) is 149 Å². The van der Waals surface area contributed by atoms with E-state index >= 15 is 0 Å². The predicted molar refractivity (Wildman–Crippen MR) is 145 cm³/mol. The third kappa shape index (κ3) is 8.83. The van der Waals surface area contributed by atoms with E-state index in [1.165, 1.54) is 6.92 Å². The van der Waals surface area contributed by atoms with Gasteiger partial charge in [-0.15, -0.1) is 0 Å². The molecule has 2 unspecified atom stereocenters. The Hall–Kier alpha value is -3.89. The second-order valence-corrected chi connectivity index (χ2v) is 10.2. The number of amides is 4. The number of benzene rings is 1. The van der Waals surface area contributed by atoms with Crippen molar-refractivity contribution >= 4 is 23.6 Å². The van der Waals surface area contributed by atoms with Crippen molar-refractivity contribution in [3.8, 4) is 5.75 Å². The lowest BCUT2D eigenvalue weighted by Gasteiger charge is -2.33. The van der Waals surface area contributed by atoms with Crippen molar-refractivity contribution in [3.63, 3.8) is 0 Å². The molecule has 11 heteroatoms. The second-order valence-electron chi connectivity index (χ2n) is 10.2. The minimum absolute atomic E-state index is 0.0234. The van der Waals surface area contributed by atoms with Gasteiger partial charge in [0.2, 0.25) is 23.6 Å². The van der Waals surface area contributed by atoms with Crippen LogP contribution >= 0.6 is 0 Å². The summed E-state index contributed by atoms with van der Waals surface area (Å²) in [7, 11) is 1.79. The number of hydrogen-bond acceptors (Lipinski definition) is 6. The van der Waals surface area contributed by atoms with Crippen molar-refractivity contribution in [2.75, 3.05) is 19.7 Å². The van der Waals surface area contributed by atoms with Crippen LogP contribution in [0.2, 0.25) is 0 Å². The molecule has 39 heavy (non-hydrogen) atoms. The number of aromatic nitrogens is 2. The molecule has 1 saturated heterocycles. The molecule has 4 N–H and O–H groups in total. The Balaban J connectivity index is 0.000000983. The van der Waals surface area contributed by atoms with E-state index in [0.717, 1.165) is 48.4 Å². The molecule has 3 heterocycles. The van der Waals surface area contributed by atoms with E-state index in [4.69, 9.17) is 4.74 Å². The van der Waals surface area contributed by atoms with Crippen molar-refractivity contribution < 1.29 is 23.9 Å². The average molecular weight is 541 g/mol. The van der Waals surface area contributed by atoms with Gasteiger partial charge < -0.3 is 26.0 Å². The van der Waals surface area contributed by atoms with E-state index in [1.807, 2.05) is 36.9 Å². The van der Waals surface area contributed by atoms with Crippen LogP contribution in [0.3, 0.4) is 0 Å². The lowest BCUT2D eigenvalue weighted by Crippen LogP contribution is -2.42. The molecular weight excluding hydrogens is 500 g/mol. The summed E-state index contributed by atoms with van der Waals surface area (Å²) in [6.07, 6.45) is 3.05. The van der Waals surface area contributed by atoms with Gasteiger partial charge in [-0.3, -0.25) is 23.9 Å². The molecule has 2 aliphatic rings.